The van der Waals surface area contributed by atoms with Crippen LogP contribution in [0.25, 0.3) is 0 Å². The molecule has 0 radical (unpaired) electrons. The Labute approximate surface area is 202 Å². The van der Waals surface area contributed by atoms with Crippen LogP contribution in [0.5, 0.6) is 0 Å². The second kappa shape index (κ2) is 21.0. The highest BCUT2D eigenvalue weighted by molar-refractivity contribution is 4.82. The molecule has 0 amide bonds. The maximum Gasteiger partial charge on any atom is 0.160 e. The second-order valence-electron chi connectivity index (χ2n) is 9.44. The van der Waals surface area contributed by atoms with Crippen LogP contribution >= 0.6 is 0 Å². The summed E-state index contributed by atoms with van der Waals surface area (Å²) in [6.45, 7) is 3.33. The van der Waals surface area contributed by atoms with Crippen molar-refractivity contribution in [3.8, 4) is 0 Å². The Balaban J connectivity index is 1.91. The van der Waals surface area contributed by atoms with Gasteiger partial charge in [0, 0.05) is 20.1 Å². The standard InChI is InChI=1S/C26H52O7/c1-3-4-5-6-7-8-9-10-11-12-13-14-15-16-17-31-20-22(30-2)21-32-25-18-23(28)26(29)24(19-27)33-25/h22-29H,3-21H2,1-2H3/t22-,23-,24-,25-,26+/m1/s1. The van der Waals surface area contributed by atoms with E-state index in [-0.39, 0.29) is 25.7 Å². The zero-order valence-electron chi connectivity index (χ0n) is 21.3. The summed E-state index contributed by atoms with van der Waals surface area (Å²) in [6.07, 6.45) is 15.1. The second-order valence-corrected chi connectivity index (χ2v) is 9.44. The number of aliphatic hydroxyl groups excluding tert-OH is 3. The van der Waals surface area contributed by atoms with Gasteiger partial charge in [-0.25, -0.2) is 0 Å². The van der Waals surface area contributed by atoms with Gasteiger partial charge in [-0.05, 0) is 6.42 Å². The van der Waals surface area contributed by atoms with Gasteiger partial charge in [0.15, 0.2) is 6.29 Å². The predicted molar refractivity (Wildman–Crippen MR) is 130 cm³/mol. The van der Waals surface area contributed by atoms with Crippen LogP contribution in [0.15, 0.2) is 0 Å². The van der Waals surface area contributed by atoms with Gasteiger partial charge in [-0.2, -0.15) is 0 Å². The molecule has 0 aliphatic carbocycles. The van der Waals surface area contributed by atoms with Crippen LogP contribution in [0.1, 0.15) is 103 Å². The molecule has 33 heavy (non-hydrogen) atoms. The van der Waals surface area contributed by atoms with Crippen molar-refractivity contribution < 1.29 is 34.3 Å². The molecule has 1 aliphatic heterocycles. The molecule has 0 unspecified atom stereocenters. The van der Waals surface area contributed by atoms with Crippen LogP contribution in [-0.2, 0) is 18.9 Å². The summed E-state index contributed by atoms with van der Waals surface area (Å²) < 4.78 is 22.3. The van der Waals surface area contributed by atoms with E-state index < -0.39 is 24.6 Å². The number of aliphatic hydroxyl groups is 3. The average Bonchev–Trinajstić information content (AvgIpc) is 2.82. The Morgan fingerprint density at radius 2 is 1.36 bits per heavy atom. The SMILES string of the molecule is CCCCCCCCCCCCCCCCOC[C@H](CO[C@H]1C[C@@H](O)[C@H](O)[C@@H](CO)O1)OC. The first-order valence-corrected chi connectivity index (χ1v) is 13.5. The highest BCUT2D eigenvalue weighted by atomic mass is 16.7. The zero-order chi connectivity index (χ0) is 24.2. The fraction of sp³-hybridized carbons (Fsp3) is 1.00. The first kappa shape index (κ1) is 30.8. The van der Waals surface area contributed by atoms with Gasteiger partial charge < -0.3 is 34.3 Å². The van der Waals surface area contributed by atoms with E-state index in [0.717, 1.165) is 13.0 Å². The molecule has 0 bridgehead atoms. The van der Waals surface area contributed by atoms with E-state index in [1.807, 2.05) is 0 Å². The third kappa shape index (κ3) is 15.4. The molecule has 3 N–H and O–H groups in total. The molecule has 7 nitrogen and oxygen atoms in total. The van der Waals surface area contributed by atoms with Crippen molar-refractivity contribution in [2.24, 2.45) is 0 Å². The average molecular weight is 477 g/mol. The predicted octanol–water partition coefficient (Wildman–Crippen LogP) is 4.35. The zero-order valence-corrected chi connectivity index (χ0v) is 21.3. The first-order valence-electron chi connectivity index (χ1n) is 13.5. The van der Waals surface area contributed by atoms with Crippen LogP contribution < -0.4 is 0 Å². The van der Waals surface area contributed by atoms with E-state index in [0.29, 0.717) is 6.61 Å². The molecule has 0 spiro atoms. The highest BCUT2D eigenvalue weighted by Crippen LogP contribution is 2.21. The summed E-state index contributed by atoms with van der Waals surface area (Å²) in [4.78, 5) is 0. The smallest absolute Gasteiger partial charge is 0.160 e. The minimum atomic E-state index is -1.10. The largest absolute Gasteiger partial charge is 0.394 e. The lowest BCUT2D eigenvalue weighted by molar-refractivity contribution is -0.263. The summed E-state index contributed by atoms with van der Waals surface area (Å²) >= 11 is 0. The number of ether oxygens (including phenoxy) is 4. The molecule has 198 valence electrons. The van der Waals surface area contributed by atoms with Gasteiger partial charge in [0.05, 0.1) is 25.9 Å². The molecule has 0 aromatic rings. The Kier molecular flexibility index (Phi) is 19.6. The summed E-state index contributed by atoms with van der Waals surface area (Å²) in [5.74, 6) is 0. The molecule has 1 aliphatic rings. The highest BCUT2D eigenvalue weighted by Gasteiger charge is 2.37. The summed E-state index contributed by atoms with van der Waals surface area (Å²) in [7, 11) is 1.61. The van der Waals surface area contributed by atoms with Gasteiger partial charge in [0.2, 0.25) is 0 Å². The van der Waals surface area contributed by atoms with Crippen molar-refractivity contribution in [3.05, 3.63) is 0 Å². The van der Waals surface area contributed by atoms with Crippen molar-refractivity contribution >= 4 is 0 Å². The number of unbranched alkanes of at least 4 members (excludes halogenated alkanes) is 13. The normalized spacial score (nSPS) is 24.3. The van der Waals surface area contributed by atoms with E-state index in [9.17, 15) is 15.3 Å². The lowest BCUT2D eigenvalue weighted by atomic mass is 10.0. The molecule has 7 heteroatoms. The molecule has 0 saturated carbocycles. The van der Waals surface area contributed by atoms with Crippen molar-refractivity contribution in [3.63, 3.8) is 0 Å². The van der Waals surface area contributed by atoms with Crippen LogP contribution in [-0.4, -0.2) is 79.6 Å². The molecule has 0 aromatic carbocycles. The molecule has 1 heterocycles. The molecule has 5 atom stereocenters. The van der Waals surface area contributed by atoms with Crippen molar-refractivity contribution in [1.82, 2.24) is 0 Å². The Hall–Kier alpha value is -0.280. The van der Waals surface area contributed by atoms with Crippen LogP contribution in [0.3, 0.4) is 0 Å². The quantitative estimate of drug-likeness (QED) is 0.200. The van der Waals surface area contributed by atoms with Gasteiger partial charge >= 0.3 is 0 Å². The van der Waals surface area contributed by atoms with Gasteiger partial charge in [-0.15, -0.1) is 0 Å². The van der Waals surface area contributed by atoms with Crippen molar-refractivity contribution in [2.45, 2.75) is 134 Å². The van der Waals surface area contributed by atoms with Gasteiger partial charge in [-0.3, -0.25) is 0 Å². The fourth-order valence-electron chi connectivity index (χ4n) is 4.19. The molecule has 1 rings (SSSR count). The third-order valence-corrected chi connectivity index (χ3v) is 6.46. The lowest BCUT2D eigenvalue weighted by Crippen LogP contribution is -2.50. The van der Waals surface area contributed by atoms with Crippen LogP contribution in [0, 0.1) is 0 Å². The number of rotatable bonds is 22. The number of hydrogen-bond donors (Lipinski definition) is 3. The molecule has 0 aromatic heterocycles. The third-order valence-electron chi connectivity index (χ3n) is 6.46. The topological polar surface area (TPSA) is 97.6 Å². The number of methoxy groups -OCH3 is 1. The summed E-state index contributed by atoms with van der Waals surface area (Å²) in [5.41, 5.74) is 0. The van der Waals surface area contributed by atoms with Crippen LogP contribution in [0.4, 0.5) is 0 Å². The van der Waals surface area contributed by atoms with E-state index in [2.05, 4.69) is 6.92 Å². The molecular weight excluding hydrogens is 424 g/mol. The summed E-state index contributed by atoms with van der Waals surface area (Å²) in [6, 6.07) is 0. The molecule has 1 saturated heterocycles. The Morgan fingerprint density at radius 3 is 1.88 bits per heavy atom. The van der Waals surface area contributed by atoms with Crippen LogP contribution in [0.2, 0.25) is 0 Å². The van der Waals surface area contributed by atoms with E-state index in [1.54, 1.807) is 7.11 Å². The Bertz CT molecular complexity index is 423. The maximum atomic E-state index is 9.85. The molecule has 1 fully saturated rings. The monoisotopic (exact) mass is 476 g/mol. The van der Waals surface area contributed by atoms with Crippen molar-refractivity contribution in [2.75, 3.05) is 33.5 Å². The Morgan fingerprint density at radius 1 is 0.818 bits per heavy atom. The van der Waals surface area contributed by atoms with Gasteiger partial charge in [0.25, 0.3) is 0 Å². The van der Waals surface area contributed by atoms with Gasteiger partial charge in [-0.1, -0.05) is 90.4 Å². The minimum absolute atomic E-state index is 0.161. The lowest BCUT2D eigenvalue weighted by Gasteiger charge is -2.36. The van der Waals surface area contributed by atoms with E-state index in [4.69, 9.17) is 18.9 Å². The number of hydrogen-bond acceptors (Lipinski definition) is 7. The maximum absolute atomic E-state index is 9.85. The van der Waals surface area contributed by atoms with E-state index >= 15 is 0 Å². The first-order chi connectivity index (χ1) is 16.1. The van der Waals surface area contributed by atoms with Gasteiger partial charge in [0.1, 0.15) is 18.3 Å². The van der Waals surface area contributed by atoms with Crippen molar-refractivity contribution in [1.29, 1.82) is 0 Å². The van der Waals surface area contributed by atoms with E-state index in [1.165, 1.54) is 83.5 Å². The summed E-state index contributed by atoms with van der Waals surface area (Å²) in [5, 5.41) is 28.8. The minimum Gasteiger partial charge on any atom is -0.394 e. The fourth-order valence-corrected chi connectivity index (χ4v) is 4.19. The molecular formula is C26H52O7.